The number of amides is 1. The molecule has 1 aliphatic rings. The molecule has 0 radical (unpaired) electrons. The highest BCUT2D eigenvalue weighted by atomic mass is 35.5. The zero-order chi connectivity index (χ0) is 20.3. The van der Waals surface area contributed by atoms with Gasteiger partial charge < -0.3 is 5.32 Å². The van der Waals surface area contributed by atoms with Gasteiger partial charge in [-0.25, -0.2) is 4.98 Å². The van der Waals surface area contributed by atoms with Crippen LogP contribution in [0, 0.1) is 5.92 Å². The van der Waals surface area contributed by atoms with Gasteiger partial charge in [0.25, 0.3) is 0 Å². The number of anilines is 1. The Balaban J connectivity index is 1.58. The Morgan fingerprint density at radius 3 is 2.79 bits per heavy atom. The van der Waals surface area contributed by atoms with E-state index in [9.17, 15) is 18.0 Å². The Kier molecular flexibility index (Phi) is 6.54. The van der Waals surface area contributed by atoms with Crippen molar-refractivity contribution < 1.29 is 18.0 Å². The monoisotopic (exact) mass is 432 g/mol. The molecule has 5 nitrogen and oxygen atoms in total. The van der Waals surface area contributed by atoms with E-state index in [2.05, 4.69) is 20.5 Å². The highest BCUT2D eigenvalue weighted by molar-refractivity contribution is 8.00. The number of nitrogens with zero attached hydrogens (tertiary/aromatic N) is 2. The molecule has 1 saturated carbocycles. The molecule has 1 aromatic heterocycles. The largest absolute Gasteiger partial charge is 0.417 e. The van der Waals surface area contributed by atoms with Crippen LogP contribution in [0.3, 0.4) is 0 Å². The third kappa shape index (κ3) is 5.41. The summed E-state index contributed by atoms with van der Waals surface area (Å²) in [5, 5.41) is 8.96. The van der Waals surface area contributed by atoms with Crippen molar-refractivity contribution in [2.24, 2.45) is 5.92 Å². The zero-order valence-corrected chi connectivity index (χ0v) is 16.7. The van der Waals surface area contributed by atoms with Crippen molar-refractivity contribution in [3.63, 3.8) is 0 Å². The Bertz CT molecular complexity index is 836. The summed E-state index contributed by atoms with van der Waals surface area (Å²) in [6.07, 6.45) is 1.15. The quantitative estimate of drug-likeness (QED) is 0.605. The standard InChI is InChI=1S/C18H20ClF3N4OS/c1-10(28-17-24-15(25-26-17)8-11-4-2-3-5-11)16(27)23-12-6-7-14(19)13(9-12)18(20,21)22/h6-7,9-11H,2-5,8H2,1H3,(H,23,27)(H,24,25,26). The third-order valence-corrected chi connectivity index (χ3v) is 5.95. The number of thioether (sulfide) groups is 1. The molecule has 152 valence electrons. The molecular formula is C18H20ClF3N4OS. The van der Waals surface area contributed by atoms with Gasteiger partial charge in [0.2, 0.25) is 11.1 Å². The van der Waals surface area contributed by atoms with Gasteiger partial charge in [0, 0.05) is 12.1 Å². The molecule has 1 unspecified atom stereocenters. The molecule has 1 fully saturated rings. The molecule has 2 aromatic rings. The minimum Gasteiger partial charge on any atom is -0.325 e. The molecule has 1 aromatic carbocycles. The first-order chi connectivity index (χ1) is 13.2. The number of carbonyl (C=O) groups excluding carboxylic acids is 1. The number of halogens is 4. The number of benzene rings is 1. The van der Waals surface area contributed by atoms with Gasteiger partial charge in [0.15, 0.2) is 0 Å². The van der Waals surface area contributed by atoms with Crippen LogP contribution in [-0.4, -0.2) is 26.3 Å². The van der Waals surface area contributed by atoms with Gasteiger partial charge in [0.05, 0.1) is 15.8 Å². The lowest BCUT2D eigenvalue weighted by molar-refractivity contribution is -0.137. The van der Waals surface area contributed by atoms with Gasteiger partial charge in [-0.1, -0.05) is 49.0 Å². The lowest BCUT2D eigenvalue weighted by atomic mass is 10.0. The Labute approximate surface area is 169 Å². The molecule has 3 rings (SSSR count). The number of aromatic amines is 1. The molecule has 0 spiro atoms. The maximum absolute atomic E-state index is 12.9. The number of rotatable bonds is 6. The van der Waals surface area contributed by atoms with E-state index in [1.807, 2.05) is 0 Å². The van der Waals surface area contributed by atoms with Crippen molar-refractivity contribution in [1.82, 2.24) is 15.2 Å². The number of carbonyl (C=O) groups is 1. The minimum atomic E-state index is -4.59. The molecule has 1 heterocycles. The minimum absolute atomic E-state index is 0.0334. The fraction of sp³-hybridized carbons (Fsp3) is 0.500. The second kappa shape index (κ2) is 8.73. The summed E-state index contributed by atoms with van der Waals surface area (Å²) in [6, 6.07) is 3.27. The number of aromatic nitrogens is 3. The average Bonchev–Trinajstić information content (AvgIpc) is 3.28. The third-order valence-electron chi connectivity index (χ3n) is 4.66. The Hall–Kier alpha value is -1.74. The first-order valence-electron chi connectivity index (χ1n) is 8.98. The molecule has 1 atom stereocenters. The zero-order valence-electron chi connectivity index (χ0n) is 15.1. The SMILES string of the molecule is CC(Sc1n[nH]c(CC2CCCC2)n1)C(=O)Nc1ccc(Cl)c(C(F)(F)F)c1. The van der Waals surface area contributed by atoms with Gasteiger partial charge in [-0.05, 0) is 31.0 Å². The summed E-state index contributed by atoms with van der Waals surface area (Å²) in [7, 11) is 0. The Morgan fingerprint density at radius 1 is 1.39 bits per heavy atom. The fourth-order valence-electron chi connectivity index (χ4n) is 3.19. The molecule has 28 heavy (non-hydrogen) atoms. The number of hydrogen-bond donors (Lipinski definition) is 2. The van der Waals surface area contributed by atoms with Gasteiger partial charge in [0.1, 0.15) is 5.82 Å². The highest BCUT2D eigenvalue weighted by Crippen LogP contribution is 2.36. The van der Waals surface area contributed by atoms with Crippen molar-refractivity contribution in [1.29, 1.82) is 0 Å². The predicted octanol–water partition coefficient (Wildman–Crippen LogP) is 5.33. The average molecular weight is 433 g/mol. The second-order valence-corrected chi connectivity index (χ2v) is 8.58. The van der Waals surface area contributed by atoms with E-state index < -0.39 is 27.9 Å². The molecular weight excluding hydrogens is 413 g/mol. The molecule has 2 N–H and O–H groups in total. The Morgan fingerprint density at radius 2 is 2.11 bits per heavy atom. The molecule has 1 amide bonds. The summed E-state index contributed by atoms with van der Waals surface area (Å²) in [5.41, 5.74) is -0.955. The summed E-state index contributed by atoms with van der Waals surface area (Å²) < 4.78 is 38.8. The maximum atomic E-state index is 12.9. The topological polar surface area (TPSA) is 70.7 Å². The van der Waals surface area contributed by atoms with Crippen LogP contribution in [0.25, 0.3) is 0 Å². The summed E-state index contributed by atoms with van der Waals surface area (Å²) >= 11 is 6.74. The van der Waals surface area contributed by atoms with Gasteiger partial charge in [-0.15, -0.1) is 5.10 Å². The summed E-state index contributed by atoms with van der Waals surface area (Å²) in [5.74, 6) is 0.983. The van der Waals surface area contributed by atoms with Crippen LogP contribution in [0.15, 0.2) is 23.4 Å². The molecule has 1 aliphatic carbocycles. The predicted molar refractivity (Wildman–Crippen MR) is 102 cm³/mol. The maximum Gasteiger partial charge on any atom is 0.417 e. The van der Waals surface area contributed by atoms with E-state index in [0.717, 1.165) is 36.1 Å². The summed E-state index contributed by atoms with van der Waals surface area (Å²) in [4.78, 5) is 16.7. The van der Waals surface area contributed by atoms with Gasteiger partial charge in [-0.3, -0.25) is 9.89 Å². The second-order valence-electron chi connectivity index (χ2n) is 6.86. The van der Waals surface area contributed by atoms with Crippen LogP contribution in [0.4, 0.5) is 18.9 Å². The van der Waals surface area contributed by atoms with E-state index in [1.165, 1.54) is 31.7 Å². The van der Waals surface area contributed by atoms with Crippen LogP contribution < -0.4 is 5.32 Å². The van der Waals surface area contributed by atoms with E-state index >= 15 is 0 Å². The number of nitrogens with one attached hydrogen (secondary N) is 2. The molecule has 0 saturated heterocycles. The number of H-pyrrole nitrogens is 1. The van der Waals surface area contributed by atoms with Gasteiger partial charge >= 0.3 is 6.18 Å². The van der Waals surface area contributed by atoms with E-state index in [0.29, 0.717) is 11.1 Å². The first-order valence-corrected chi connectivity index (χ1v) is 10.2. The van der Waals surface area contributed by atoms with E-state index in [4.69, 9.17) is 11.6 Å². The van der Waals surface area contributed by atoms with Crippen LogP contribution in [0.2, 0.25) is 5.02 Å². The van der Waals surface area contributed by atoms with Crippen molar-refractivity contribution in [3.05, 3.63) is 34.6 Å². The fourth-order valence-corrected chi connectivity index (χ4v) is 4.15. The van der Waals surface area contributed by atoms with Gasteiger partial charge in [-0.2, -0.15) is 13.2 Å². The van der Waals surface area contributed by atoms with Crippen molar-refractivity contribution >= 4 is 35.0 Å². The number of alkyl halides is 3. The van der Waals surface area contributed by atoms with Crippen LogP contribution >= 0.6 is 23.4 Å². The normalized spacial score (nSPS) is 16.3. The molecule has 0 bridgehead atoms. The van der Waals surface area contributed by atoms with Crippen LogP contribution in [-0.2, 0) is 17.4 Å². The number of hydrogen-bond acceptors (Lipinski definition) is 4. The van der Waals surface area contributed by atoms with Crippen molar-refractivity contribution in [3.8, 4) is 0 Å². The van der Waals surface area contributed by atoms with Crippen LogP contribution in [0.5, 0.6) is 0 Å². The molecule has 10 heteroatoms. The van der Waals surface area contributed by atoms with Crippen LogP contribution in [0.1, 0.15) is 44.0 Å². The van der Waals surface area contributed by atoms with Crippen molar-refractivity contribution in [2.45, 2.75) is 55.6 Å². The first kappa shape index (κ1) is 21.0. The van der Waals surface area contributed by atoms with Crippen molar-refractivity contribution in [2.75, 3.05) is 5.32 Å². The highest BCUT2D eigenvalue weighted by Gasteiger charge is 2.33. The van der Waals surface area contributed by atoms with E-state index in [1.54, 1.807) is 6.92 Å². The lowest BCUT2D eigenvalue weighted by Crippen LogP contribution is -2.22. The smallest absolute Gasteiger partial charge is 0.325 e. The molecule has 0 aliphatic heterocycles. The summed E-state index contributed by atoms with van der Waals surface area (Å²) in [6.45, 7) is 1.65. The van der Waals surface area contributed by atoms with E-state index in [-0.39, 0.29) is 5.69 Å². The lowest BCUT2D eigenvalue weighted by Gasteiger charge is -2.13.